The smallest absolute Gasteiger partial charge is 0.352 e. The van der Waals surface area contributed by atoms with Crippen molar-refractivity contribution >= 4 is 22.6 Å². The molecule has 0 saturated carbocycles. The summed E-state index contributed by atoms with van der Waals surface area (Å²) < 4.78 is 0. The van der Waals surface area contributed by atoms with Gasteiger partial charge in [-0.3, -0.25) is 0 Å². The third-order valence-corrected chi connectivity index (χ3v) is 1.96. The average Bonchev–Trinajstić information content (AvgIpc) is 2.60. The molecule has 0 atom stereocenters. The summed E-state index contributed by atoms with van der Waals surface area (Å²) in [5.74, 6) is -1.06. The first-order chi connectivity index (χ1) is 6.72. The minimum Gasteiger partial charge on any atom is -0.477 e. The monoisotopic (exact) mass is 190 g/mol. The lowest BCUT2D eigenvalue weighted by Gasteiger charge is -1.90. The number of aromatic amines is 1. The van der Waals surface area contributed by atoms with E-state index in [0.717, 1.165) is 0 Å². The maximum absolute atomic E-state index is 10.6. The highest BCUT2D eigenvalue weighted by molar-refractivity contribution is 5.97. The molecule has 5 heteroatoms. The standard InChI is InChI=1S/C9H6N2O3/c12-9(13)7-4-5-2-1-3-6(11-14)8(5)10-7/h1-4,10H,(H,12,13). The number of para-hydroxylation sites is 1. The van der Waals surface area contributed by atoms with Crippen LogP contribution in [0.25, 0.3) is 10.9 Å². The quantitative estimate of drug-likeness (QED) is 0.712. The highest BCUT2D eigenvalue weighted by atomic mass is 16.4. The summed E-state index contributed by atoms with van der Waals surface area (Å²) in [6.45, 7) is 0. The molecule has 2 N–H and O–H groups in total. The lowest BCUT2D eigenvalue weighted by molar-refractivity contribution is 0.0691. The zero-order chi connectivity index (χ0) is 10.1. The van der Waals surface area contributed by atoms with Gasteiger partial charge in [0.15, 0.2) is 0 Å². The summed E-state index contributed by atoms with van der Waals surface area (Å²) in [4.78, 5) is 23.6. The van der Waals surface area contributed by atoms with Crippen molar-refractivity contribution in [2.75, 3.05) is 0 Å². The van der Waals surface area contributed by atoms with E-state index in [-0.39, 0.29) is 11.4 Å². The van der Waals surface area contributed by atoms with Crippen LogP contribution in [0.2, 0.25) is 0 Å². The van der Waals surface area contributed by atoms with E-state index in [1.807, 2.05) is 0 Å². The van der Waals surface area contributed by atoms with E-state index < -0.39 is 5.97 Å². The number of benzene rings is 1. The van der Waals surface area contributed by atoms with Crippen LogP contribution in [-0.2, 0) is 0 Å². The number of hydrogen-bond donors (Lipinski definition) is 2. The van der Waals surface area contributed by atoms with E-state index in [9.17, 15) is 9.70 Å². The predicted molar refractivity (Wildman–Crippen MR) is 50.7 cm³/mol. The molecule has 0 unspecified atom stereocenters. The largest absolute Gasteiger partial charge is 0.477 e. The van der Waals surface area contributed by atoms with E-state index in [0.29, 0.717) is 10.9 Å². The number of aromatic nitrogens is 1. The van der Waals surface area contributed by atoms with E-state index in [1.165, 1.54) is 12.1 Å². The molecular formula is C9H6N2O3. The Morgan fingerprint density at radius 1 is 1.43 bits per heavy atom. The summed E-state index contributed by atoms with van der Waals surface area (Å²) in [6, 6.07) is 6.36. The van der Waals surface area contributed by atoms with Crippen LogP contribution in [0.1, 0.15) is 10.5 Å². The van der Waals surface area contributed by atoms with Crippen molar-refractivity contribution in [2.45, 2.75) is 0 Å². The highest BCUT2D eigenvalue weighted by Crippen LogP contribution is 2.25. The Balaban J connectivity index is 2.76. The second-order valence-corrected chi connectivity index (χ2v) is 2.82. The number of carboxylic acid groups (broad SMARTS) is 1. The van der Waals surface area contributed by atoms with Gasteiger partial charge < -0.3 is 10.1 Å². The molecule has 0 aliphatic heterocycles. The number of nitrogens with zero attached hydrogens (tertiary/aromatic N) is 1. The third-order valence-electron chi connectivity index (χ3n) is 1.96. The summed E-state index contributed by atoms with van der Waals surface area (Å²) in [5, 5.41) is 12.2. The zero-order valence-corrected chi connectivity index (χ0v) is 7.02. The molecule has 70 valence electrons. The molecule has 0 aliphatic carbocycles. The minimum absolute atomic E-state index is 0.0519. The number of H-pyrrole nitrogens is 1. The van der Waals surface area contributed by atoms with Gasteiger partial charge in [-0.1, -0.05) is 12.1 Å². The van der Waals surface area contributed by atoms with Crippen LogP contribution in [0.4, 0.5) is 5.69 Å². The fourth-order valence-corrected chi connectivity index (χ4v) is 1.33. The molecule has 14 heavy (non-hydrogen) atoms. The van der Waals surface area contributed by atoms with Gasteiger partial charge in [-0.2, -0.15) is 0 Å². The van der Waals surface area contributed by atoms with Crippen molar-refractivity contribution in [3.63, 3.8) is 0 Å². The van der Waals surface area contributed by atoms with E-state index in [1.54, 1.807) is 12.1 Å². The van der Waals surface area contributed by atoms with Crippen molar-refractivity contribution in [1.82, 2.24) is 4.98 Å². The van der Waals surface area contributed by atoms with Gasteiger partial charge in [0, 0.05) is 5.39 Å². The molecule has 1 aromatic heterocycles. The van der Waals surface area contributed by atoms with Gasteiger partial charge in [0.05, 0.1) is 5.52 Å². The van der Waals surface area contributed by atoms with Gasteiger partial charge >= 0.3 is 5.97 Å². The van der Waals surface area contributed by atoms with Gasteiger partial charge in [-0.25, -0.2) is 4.79 Å². The molecule has 0 radical (unpaired) electrons. The number of nitroso groups, excluding NO2 is 1. The number of hydrogen-bond acceptors (Lipinski definition) is 3. The lowest BCUT2D eigenvalue weighted by Crippen LogP contribution is -1.94. The summed E-state index contributed by atoms with van der Waals surface area (Å²) in [5.41, 5.74) is 0.728. The number of aromatic carboxylic acids is 1. The third kappa shape index (κ3) is 1.15. The Labute approximate surface area is 78.3 Å². The minimum atomic E-state index is -1.06. The van der Waals surface area contributed by atoms with Crippen LogP contribution < -0.4 is 0 Å². The van der Waals surface area contributed by atoms with Crippen LogP contribution in [0.15, 0.2) is 29.4 Å². The van der Waals surface area contributed by atoms with Crippen molar-refractivity contribution < 1.29 is 9.90 Å². The van der Waals surface area contributed by atoms with Gasteiger partial charge in [-0.05, 0) is 17.3 Å². The number of rotatable bonds is 2. The van der Waals surface area contributed by atoms with E-state index in [2.05, 4.69) is 10.2 Å². The Morgan fingerprint density at radius 2 is 2.21 bits per heavy atom. The van der Waals surface area contributed by atoms with Crippen LogP contribution >= 0.6 is 0 Å². The van der Waals surface area contributed by atoms with Crippen LogP contribution in [0.5, 0.6) is 0 Å². The Hall–Kier alpha value is -2.17. The molecule has 2 rings (SSSR count). The molecule has 0 bridgehead atoms. The zero-order valence-electron chi connectivity index (χ0n) is 7.02. The number of nitrogens with one attached hydrogen (secondary N) is 1. The van der Waals surface area contributed by atoms with Crippen LogP contribution in [0.3, 0.4) is 0 Å². The fraction of sp³-hybridized carbons (Fsp3) is 0. The lowest BCUT2D eigenvalue weighted by atomic mass is 10.2. The average molecular weight is 190 g/mol. The second-order valence-electron chi connectivity index (χ2n) is 2.82. The maximum atomic E-state index is 10.6. The first kappa shape index (κ1) is 8.43. The maximum Gasteiger partial charge on any atom is 0.352 e. The molecule has 0 fully saturated rings. The van der Waals surface area contributed by atoms with Gasteiger partial charge in [0.2, 0.25) is 0 Å². The second kappa shape index (κ2) is 2.95. The molecule has 0 amide bonds. The highest BCUT2D eigenvalue weighted by Gasteiger charge is 2.09. The fourth-order valence-electron chi connectivity index (χ4n) is 1.33. The Morgan fingerprint density at radius 3 is 2.86 bits per heavy atom. The SMILES string of the molecule is O=Nc1cccc2cc(C(=O)O)[nH]c12. The topological polar surface area (TPSA) is 82.5 Å². The van der Waals surface area contributed by atoms with E-state index in [4.69, 9.17) is 5.11 Å². The number of fused-ring (bicyclic) bond motifs is 1. The predicted octanol–water partition coefficient (Wildman–Crippen LogP) is 2.26. The van der Waals surface area contributed by atoms with Crippen molar-refractivity contribution in [3.8, 4) is 0 Å². The van der Waals surface area contributed by atoms with Gasteiger partial charge in [0.25, 0.3) is 0 Å². The molecular weight excluding hydrogens is 184 g/mol. The number of carboxylic acids is 1. The first-order valence-corrected chi connectivity index (χ1v) is 3.91. The van der Waals surface area contributed by atoms with Crippen molar-refractivity contribution in [1.29, 1.82) is 0 Å². The number of carbonyl (C=O) groups is 1. The van der Waals surface area contributed by atoms with Crippen LogP contribution in [-0.4, -0.2) is 16.1 Å². The van der Waals surface area contributed by atoms with E-state index >= 15 is 0 Å². The normalized spacial score (nSPS) is 10.3. The molecule has 0 saturated heterocycles. The van der Waals surface area contributed by atoms with Crippen molar-refractivity contribution in [3.05, 3.63) is 34.9 Å². The molecule has 1 heterocycles. The van der Waals surface area contributed by atoms with Crippen molar-refractivity contribution in [2.24, 2.45) is 5.18 Å². The Bertz CT molecular complexity index is 516. The summed E-state index contributed by atoms with van der Waals surface area (Å²) in [7, 11) is 0. The summed E-state index contributed by atoms with van der Waals surface area (Å²) >= 11 is 0. The molecule has 0 spiro atoms. The summed E-state index contributed by atoms with van der Waals surface area (Å²) in [6.07, 6.45) is 0. The van der Waals surface area contributed by atoms with Gasteiger partial charge in [0.1, 0.15) is 11.4 Å². The van der Waals surface area contributed by atoms with Gasteiger partial charge in [-0.15, -0.1) is 4.91 Å². The molecule has 1 aromatic carbocycles. The Kier molecular flexibility index (Phi) is 1.78. The molecule has 0 aliphatic rings. The molecule has 2 aromatic rings. The first-order valence-electron chi connectivity index (χ1n) is 3.91. The van der Waals surface area contributed by atoms with Crippen LogP contribution in [0, 0.1) is 4.91 Å². The molecule has 5 nitrogen and oxygen atoms in total.